The van der Waals surface area contributed by atoms with Crippen molar-refractivity contribution in [2.45, 2.75) is 32.2 Å². The maximum Gasteiger partial charge on any atom is 0.226 e. The zero-order valence-corrected chi connectivity index (χ0v) is 17.0. The standard InChI is InChI=1S/C23H28N2O4/c1-28-20-13-19(14-21(15-20)29-2)24-22(26)12-18-10-6-7-11-25(23(18)27)16-17-8-4-3-5-9-17/h3-5,8-9,13-15,18H,6-7,10-12,16H2,1-2H3,(H,24,26). The molecule has 1 atom stereocenters. The molecule has 2 aromatic rings. The van der Waals surface area contributed by atoms with Crippen LogP contribution in [0.1, 0.15) is 31.2 Å². The van der Waals surface area contributed by atoms with E-state index in [1.165, 1.54) is 0 Å². The van der Waals surface area contributed by atoms with Crippen molar-refractivity contribution in [1.82, 2.24) is 4.90 Å². The highest BCUT2D eigenvalue weighted by Crippen LogP contribution is 2.27. The molecule has 1 heterocycles. The van der Waals surface area contributed by atoms with E-state index in [4.69, 9.17) is 9.47 Å². The molecule has 154 valence electrons. The van der Waals surface area contributed by atoms with E-state index in [1.54, 1.807) is 32.4 Å². The van der Waals surface area contributed by atoms with Crippen molar-refractivity contribution < 1.29 is 19.1 Å². The van der Waals surface area contributed by atoms with Crippen molar-refractivity contribution in [2.75, 3.05) is 26.1 Å². The Morgan fingerprint density at radius 1 is 1.07 bits per heavy atom. The van der Waals surface area contributed by atoms with E-state index in [0.29, 0.717) is 23.7 Å². The minimum Gasteiger partial charge on any atom is -0.497 e. The van der Waals surface area contributed by atoms with Crippen LogP contribution in [0.3, 0.4) is 0 Å². The Labute approximate surface area is 171 Å². The van der Waals surface area contributed by atoms with Gasteiger partial charge in [-0.05, 0) is 18.4 Å². The Bertz CT molecular complexity index is 816. The summed E-state index contributed by atoms with van der Waals surface area (Å²) in [6.07, 6.45) is 2.81. The van der Waals surface area contributed by atoms with Crippen LogP contribution in [0.15, 0.2) is 48.5 Å². The average Bonchev–Trinajstić information content (AvgIpc) is 2.90. The third-order valence-corrected chi connectivity index (χ3v) is 5.17. The first kappa shape index (κ1) is 20.7. The highest BCUT2D eigenvalue weighted by molar-refractivity contribution is 5.94. The maximum absolute atomic E-state index is 13.0. The van der Waals surface area contributed by atoms with E-state index >= 15 is 0 Å². The molecule has 0 radical (unpaired) electrons. The van der Waals surface area contributed by atoms with E-state index in [0.717, 1.165) is 31.4 Å². The van der Waals surface area contributed by atoms with Gasteiger partial charge in [0.25, 0.3) is 0 Å². The Morgan fingerprint density at radius 3 is 2.41 bits per heavy atom. The van der Waals surface area contributed by atoms with Gasteiger partial charge in [-0.2, -0.15) is 0 Å². The molecule has 0 spiro atoms. The number of likely N-dealkylation sites (tertiary alicyclic amines) is 1. The van der Waals surface area contributed by atoms with Crippen LogP contribution >= 0.6 is 0 Å². The highest BCUT2D eigenvalue weighted by atomic mass is 16.5. The molecule has 0 saturated carbocycles. The molecule has 1 aliphatic rings. The summed E-state index contributed by atoms with van der Waals surface area (Å²) in [4.78, 5) is 27.6. The number of carbonyl (C=O) groups is 2. The third-order valence-electron chi connectivity index (χ3n) is 5.17. The van der Waals surface area contributed by atoms with Gasteiger partial charge in [0.2, 0.25) is 11.8 Å². The Morgan fingerprint density at radius 2 is 1.76 bits per heavy atom. The van der Waals surface area contributed by atoms with E-state index < -0.39 is 0 Å². The number of methoxy groups -OCH3 is 2. The van der Waals surface area contributed by atoms with Gasteiger partial charge in [-0.15, -0.1) is 0 Å². The number of nitrogens with zero attached hydrogens (tertiary/aromatic N) is 1. The molecule has 6 heteroatoms. The molecule has 1 N–H and O–H groups in total. The second-order valence-corrected chi connectivity index (χ2v) is 7.29. The maximum atomic E-state index is 13.0. The quantitative estimate of drug-likeness (QED) is 0.772. The summed E-state index contributed by atoms with van der Waals surface area (Å²) in [6, 6.07) is 15.2. The summed E-state index contributed by atoms with van der Waals surface area (Å²) in [5.74, 6) is 0.775. The summed E-state index contributed by atoms with van der Waals surface area (Å²) in [7, 11) is 3.12. The second kappa shape index (κ2) is 9.96. The van der Waals surface area contributed by atoms with Crippen molar-refractivity contribution in [3.8, 4) is 11.5 Å². The summed E-state index contributed by atoms with van der Waals surface area (Å²) in [5, 5.41) is 2.87. The van der Waals surface area contributed by atoms with Crippen molar-refractivity contribution in [3.05, 3.63) is 54.1 Å². The molecule has 0 aliphatic carbocycles. The topological polar surface area (TPSA) is 67.9 Å². The van der Waals surface area contributed by atoms with Gasteiger partial charge in [-0.1, -0.05) is 36.8 Å². The fraction of sp³-hybridized carbons (Fsp3) is 0.391. The molecule has 2 aromatic carbocycles. The lowest BCUT2D eigenvalue weighted by Gasteiger charge is -2.24. The van der Waals surface area contributed by atoms with Crippen LogP contribution in [-0.4, -0.2) is 37.5 Å². The van der Waals surface area contributed by atoms with Crippen molar-refractivity contribution in [2.24, 2.45) is 5.92 Å². The Balaban J connectivity index is 1.65. The largest absolute Gasteiger partial charge is 0.497 e. The van der Waals surface area contributed by atoms with E-state index in [2.05, 4.69) is 5.32 Å². The molecule has 1 saturated heterocycles. The molecule has 3 rings (SSSR count). The molecular weight excluding hydrogens is 368 g/mol. The predicted molar refractivity (Wildman–Crippen MR) is 112 cm³/mol. The third kappa shape index (κ3) is 5.73. The zero-order valence-electron chi connectivity index (χ0n) is 17.0. The lowest BCUT2D eigenvalue weighted by atomic mass is 9.98. The number of ether oxygens (including phenoxy) is 2. The molecular formula is C23H28N2O4. The van der Waals surface area contributed by atoms with Crippen LogP contribution in [0, 0.1) is 5.92 Å². The van der Waals surface area contributed by atoms with Crippen molar-refractivity contribution >= 4 is 17.5 Å². The first-order valence-corrected chi connectivity index (χ1v) is 9.94. The van der Waals surface area contributed by atoms with Crippen LogP contribution in [0.5, 0.6) is 11.5 Å². The zero-order chi connectivity index (χ0) is 20.6. The minimum atomic E-state index is -0.297. The number of nitrogens with one attached hydrogen (secondary N) is 1. The SMILES string of the molecule is COc1cc(NC(=O)CC2CCCCN(Cc3ccccc3)C2=O)cc(OC)c1. The van der Waals surface area contributed by atoms with Gasteiger partial charge in [0.05, 0.1) is 14.2 Å². The van der Waals surface area contributed by atoms with Crippen LogP contribution in [0.2, 0.25) is 0 Å². The fourth-order valence-electron chi connectivity index (χ4n) is 3.65. The minimum absolute atomic E-state index is 0.0599. The normalized spacial score (nSPS) is 16.8. The second-order valence-electron chi connectivity index (χ2n) is 7.29. The Kier molecular flexibility index (Phi) is 7.11. The van der Waals surface area contributed by atoms with Crippen molar-refractivity contribution in [3.63, 3.8) is 0 Å². The first-order chi connectivity index (χ1) is 14.1. The van der Waals surface area contributed by atoms with E-state index in [1.807, 2.05) is 35.2 Å². The lowest BCUT2D eigenvalue weighted by molar-refractivity contribution is -0.137. The summed E-state index contributed by atoms with van der Waals surface area (Å²) >= 11 is 0. The number of carbonyl (C=O) groups excluding carboxylic acids is 2. The molecule has 1 unspecified atom stereocenters. The molecule has 2 amide bonds. The predicted octanol–water partition coefficient (Wildman–Crippen LogP) is 3.86. The smallest absolute Gasteiger partial charge is 0.226 e. The van der Waals surface area contributed by atoms with Crippen LogP contribution in [0.4, 0.5) is 5.69 Å². The van der Waals surface area contributed by atoms with Gasteiger partial charge >= 0.3 is 0 Å². The number of amides is 2. The number of rotatable bonds is 7. The summed E-state index contributed by atoms with van der Waals surface area (Å²) in [5.41, 5.74) is 1.70. The number of benzene rings is 2. The Hall–Kier alpha value is -3.02. The van der Waals surface area contributed by atoms with Gasteiger partial charge in [0, 0.05) is 49.3 Å². The van der Waals surface area contributed by atoms with Crippen molar-refractivity contribution in [1.29, 1.82) is 0 Å². The number of anilines is 1. The number of hydrogen-bond acceptors (Lipinski definition) is 4. The fourth-order valence-corrected chi connectivity index (χ4v) is 3.65. The van der Waals surface area contributed by atoms with Crippen LogP contribution < -0.4 is 14.8 Å². The van der Waals surface area contributed by atoms with Gasteiger partial charge in [0.15, 0.2) is 0 Å². The molecule has 6 nitrogen and oxygen atoms in total. The van der Waals surface area contributed by atoms with Gasteiger partial charge in [-0.25, -0.2) is 0 Å². The van der Waals surface area contributed by atoms with Crippen LogP contribution in [-0.2, 0) is 16.1 Å². The van der Waals surface area contributed by atoms with E-state index in [-0.39, 0.29) is 24.2 Å². The van der Waals surface area contributed by atoms with Gasteiger partial charge < -0.3 is 19.7 Å². The summed E-state index contributed by atoms with van der Waals surface area (Å²) in [6.45, 7) is 1.32. The molecule has 1 aliphatic heterocycles. The first-order valence-electron chi connectivity index (χ1n) is 9.94. The highest BCUT2D eigenvalue weighted by Gasteiger charge is 2.29. The van der Waals surface area contributed by atoms with E-state index in [9.17, 15) is 9.59 Å². The van der Waals surface area contributed by atoms with Crippen LogP contribution in [0.25, 0.3) is 0 Å². The molecule has 1 fully saturated rings. The monoisotopic (exact) mass is 396 g/mol. The molecule has 0 bridgehead atoms. The number of hydrogen-bond donors (Lipinski definition) is 1. The van der Waals surface area contributed by atoms with Gasteiger partial charge in [-0.3, -0.25) is 9.59 Å². The molecule has 0 aromatic heterocycles. The van der Waals surface area contributed by atoms with Gasteiger partial charge in [0.1, 0.15) is 11.5 Å². The summed E-state index contributed by atoms with van der Waals surface area (Å²) < 4.78 is 10.5. The lowest BCUT2D eigenvalue weighted by Crippen LogP contribution is -2.36. The average molecular weight is 396 g/mol. The molecule has 29 heavy (non-hydrogen) atoms.